The van der Waals surface area contributed by atoms with Gasteiger partial charge in [-0.15, -0.1) is 0 Å². The molecule has 4 rings (SSSR count). The van der Waals surface area contributed by atoms with Gasteiger partial charge < -0.3 is 4.90 Å². The molecule has 0 aliphatic carbocycles. The standard InChI is InChI=1S/C27H31N3O3/c1-27(2,3)22-13-11-21(12-14-22)23-10-7-16-29(23)25(32)19-30-24(31)15-17-28(26(30)33)18-20-8-5-4-6-9-20/h4-6,8-9,11-15,17,23H,7,10,16,18-19H2,1-3H3. The number of likely N-dealkylation sites (tertiary alicyclic amines) is 1. The van der Waals surface area contributed by atoms with Crippen molar-refractivity contribution in [2.75, 3.05) is 6.54 Å². The van der Waals surface area contributed by atoms with Crippen molar-refractivity contribution in [3.05, 3.63) is 104 Å². The molecule has 172 valence electrons. The molecule has 6 nitrogen and oxygen atoms in total. The fraction of sp³-hybridized carbons (Fsp3) is 0.370. The van der Waals surface area contributed by atoms with Crippen LogP contribution in [-0.4, -0.2) is 26.5 Å². The van der Waals surface area contributed by atoms with E-state index in [0.29, 0.717) is 13.1 Å². The Morgan fingerprint density at radius 2 is 1.67 bits per heavy atom. The lowest BCUT2D eigenvalue weighted by molar-refractivity contribution is -0.132. The zero-order valence-electron chi connectivity index (χ0n) is 19.5. The van der Waals surface area contributed by atoms with Crippen molar-refractivity contribution in [2.24, 2.45) is 0 Å². The first-order valence-electron chi connectivity index (χ1n) is 11.5. The molecular weight excluding hydrogens is 414 g/mol. The Bertz CT molecular complexity index is 1230. The smallest absolute Gasteiger partial charge is 0.331 e. The maximum absolute atomic E-state index is 13.2. The number of nitrogens with zero attached hydrogens (tertiary/aromatic N) is 3. The summed E-state index contributed by atoms with van der Waals surface area (Å²) in [5.74, 6) is -0.200. The maximum atomic E-state index is 13.2. The molecule has 2 heterocycles. The van der Waals surface area contributed by atoms with Gasteiger partial charge in [0.15, 0.2) is 0 Å². The van der Waals surface area contributed by atoms with E-state index in [9.17, 15) is 14.4 Å². The van der Waals surface area contributed by atoms with E-state index in [1.54, 1.807) is 0 Å². The molecule has 6 heteroatoms. The van der Waals surface area contributed by atoms with Crippen molar-refractivity contribution in [1.82, 2.24) is 14.0 Å². The molecule has 1 amide bonds. The van der Waals surface area contributed by atoms with Gasteiger partial charge in [0.25, 0.3) is 5.56 Å². The van der Waals surface area contributed by atoms with Gasteiger partial charge in [-0.1, -0.05) is 75.4 Å². The minimum absolute atomic E-state index is 0.0301. The van der Waals surface area contributed by atoms with Gasteiger partial charge in [-0.2, -0.15) is 0 Å². The van der Waals surface area contributed by atoms with Gasteiger partial charge in [0.05, 0.1) is 12.6 Å². The molecule has 2 aromatic carbocycles. The van der Waals surface area contributed by atoms with Crippen LogP contribution in [0.3, 0.4) is 0 Å². The molecule has 1 aromatic heterocycles. The maximum Gasteiger partial charge on any atom is 0.331 e. The number of aromatic nitrogens is 2. The number of benzene rings is 2. The molecule has 0 saturated carbocycles. The Hall–Kier alpha value is -3.41. The van der Waals surface area contributed by atoms with Crippen LogP contribution in [0.5, 0.6) is 0 Å². The third-order valence-corrected chi connectivity index (χ3v) is 6.36. The van der Waals surface area contributed by atoms with E-state index in [1.165, 1.54) is 22.4 Å². The summed E-state index contributed by atoms with van der Waals surface area (Å²) >= 11 is 0. The predicted molar refractivity (Wildman–Crippen MR) is 129 cm³/mol. The molecular formula is C27H31N3O3. The minimum Gasteiger partial charge on any atom is -0.334 e. The van der Waals surface area contributed by atoms with Gasteiger partial charge in [0, 0.05) is 18.8 Å². The van der Waals surface area contributed by atoms with Gasteiger partial charge in [-0.3, -0.25) is 18.7 Å². The van der Waals surface area contributed by atoms with Crippen LogP contribution < -0.4 is 11.2 Å². The number of hydrogen-bond donors (Lipinski definition) is 0. The third kappa shape index (κ3) is 5.00. The summed E-state index contributed by atoms with van der Waals surface area (Å²) in [6.07, 6.45) is 3.27. The molecule has 1 saturated heterocycles. The Balaban J connectivity index is 1.54. The van der Waals surface area contributed by atoms with Crippen LogP contribution in [0.15, 0.2) is 76.4 Å². The zero-order valence-corrected chi connectivity index (χ0v) is 19.5. The molecule has 33 heavy (non-hydrogen) atoms. The Morgan fingerprint density at radius 1 is 0.970 bits per heavy atom. The Kier molecular flexibility index (Phi) is 6.36. The highest BCUT2D eigenvalue weighted by Gasteiger charge is 2.30. The largest absolute Gasteiger partial charge is 0.334 e. The van der Waals surface area contributed by atoms with E-state index in [0.717, 1.165) is 28.5 Å². The van der Waals surface area contributed by atoms with Crippen molar-refractivity contribution < 1.29 is 4.79 Å². The molecule has 1 aliphatic heterocycles. The topological polar surface area (TPSA) is 64.3 Å². The SMILES string of the molecule is CC(C)(C)c1ccc(C2CCCN2C(=O)Cn2c(=O)ccn(Cc3ccccc3)c2=O)cc1. The molecule has 0 N–H and O–H groups in total. The average molecular weight is 446 g/mol. The van der Waals surface area contributed by atoms with Gasteiger partial charge in [0.1, 0.15) is 6.54 Å². The van der Waals surface area contributed by atoms with Gasteiger partial charge in [-0.05, 0) is 34.9 Å². The van der Waals surface area contributed by atoms with E-state index >= 15 is 0 Å². The number of carbonyl (C=O) groups excluding carboxylic acids is 1. The highest BCUT2D eigenvalue weighted by atomic mass is 16.2. The fourth-order valence-electron chi connectivity index (χ4n) is 4.45. The van der Waals surface area contributed by atoms with Gasteiger partial charge >= 0.3 is 5.69 Å². The summed E-state index contributed by atoms with van der Waals surface area (Å²) in [7, 11) is 0. The van der Waals surface area contributed by atoms with Crippen molar-refractivity contribution in [3.8, 4) is 0 Å². The second-order valence-corrected chi connectivity index (χ2v) is 9.75. The predicted octanol–water partition coefficient (Wildman–Crippen LogP) is 3.72. The van der Waals surface area contributed by atoms with Crippen molar-refractivity contribution in [3.63, 3.8) is 0 Å². The molecule has 0 radical (unpaired) electrons. The minimum atomic E-state index is -0.468. The first-order chi connectivity index (χ1) is 15.7. The summed E-state index contributed by atoms with van der Waals surface area (Å²) < 4.78 is 2.51. The number of rotatable bonds is 5. The lowest BCUT2D eigenvalue weighted by Crippen LogP contribution is -2.44. The van der Waals surface area contributed by atoms with E-state index in [1.807, 2.05) is 35.2 Å². The third-order valence-electron chi connectivity index (χ3n) is 6.36. The van der Waals surface area contributed by atoms with E-state index < -0.39 is 11.2 Å². The second-order valence-electron chi connectivity index (χ2n) is 9.75. The molecule has 1 unspecified atom stereocenters. The summed E-state index contributed by atoms with van der Waals surface area (Å²) in [5, 5.41) is 0. The van der Waals surface area contributed by atoms with Crippen LogP contribution in [0, 0.1) is 0 Å². The quantitative estimate of drug-likeness (QED) is 0.601. The summed E-state index contributed by atoms with van der Waals surface area (Å²) in [5.41, 5.74) is 2.44. The van der Waals surface area contributed by atoms with Crippen LogP contribution >= 0.6 is 0 Å². The van der Waals surface area contributed by atoms with Crippen molar-refractivity contribution >= 4 is 5.91 Å². The Labute approximate surface area is 194 Å². The van der Waals surface area contributed by atoms with E-state index in [2.05, 4.69) is 45.0 Å². The number of amides is 1. The lowest BCUT2D eigenvalue weighted by atomic mass is 9.86. The molecule has 0 spiro atoms. The van der Waals surface area contributed by atoms with Gasteiger partial charge in [0.2, 0.25) is 5.91 Å². The van der Waals surface area contributed by atoms with E-state index in [-0.39, 0.29) is 23.9 Å². The van der Waals surface area contributed by atoms with E-state index in [4.69, 9.17) is 0 Å². The van der Waals surface area contributed by atoms with Crippen LogP contribution in [0.4, 0.5) is 0 Å². The first kappa shape index (κ1) is 22.8. The number of carbonyl (C=O) groups is 1. The summed E-state index contributed by atoms with van der Waals surface area (Å²) in [6, 6.07) is 19.3. The highest BCUT2D eigenvalue weighted by Crippen LogP contribution is 2.33. The van der Waals surface area contributed by atoms with Crippen LogP contribution in [0.2, 0.25) is 0 Å². The second kappa shape index (κ2) is 9.22. The molecule has 3 aromatic rings. The van der Waals surface area contributed by atoms with Crippen molar-refractivity contribution in [2.45, 2.75) is 58.2 Å². The lowest BCUT2D eigenvalue weighted by Gasteiger charge is -2.26. The zero-order chi connectivity index (χ0) is 23.6. The average Bonchev–Trinajstić information content (AvgIpc) is 3.29. The first-order valence-corrected chi connectivity index (χ1v) is 11.5. The number of hydrogen-bond acceptors (Lipinski definition) is 3. The highest BCUT2D eigenvalue weighted by molar-refractivity contribution is 5.77. The summed E-state index contributed by atoms with van der Waals surface area (Å²) in [4.78, 5) is 40.5. The molecule has 1 aliphatic rings. The molecule has 1 fully saturated rings. The van der Waals surface area contributed by atoms with Gasteiger partial charge in [-0.25, -0.2) is 4.79 Å². The van der Waals surface area contributed by atoms with Crippen LogP contribution in [-0.2, 0) is 23.3 Å². The normalized spacial score (nSPS) is 16.2. The Morgan fingerprint density at radius 3 is 2.33 bits per heavy atom. The summed E-state index contributed by atoms with van der Waals surface area (Å²) in [6.45, 7) is 7.26. The monoisotopic (exact) mass is 445 g/mol. The fourth-order valence-corrected chi connectivity index (χ4v) is 4.45. The molecule has 0 bridgehead atoms. The molecule has 1 atom stereocenters. The van der Waals surface area contributed by atoms with Crippen molar-refractivity contribution in [1.29, 1.82) is 0 Å². The van der Waals surface area contributed by atoms with Crippen LogP contribution in [0.1, 0.15) is 56.3 Å². The van der Waals surface area contributed by atoms with Crippen LogP contribution in [0.25, 0.3) is 0 Å².